The first kappa shape index (κ1) is 21.2. The van der Waals surface area contributed by atoms with Crippen LogP contribution in [0.1, 0.15) is 6.42 Å². The number of aliphatic hydroxyl groups is 2. The Bertz CT molecular complexity index is 235. The fourth-order valence-corrected chi connectivity index (χ4v) is 2.07. The molecule has 9 heteroatoms. The number of thiol groups is 2. The molecule has 0 aromatic heterocycles. The van der Waals surface area contributed by atoms with Gasteiger partial charge in [-0.05, 0) is 6.42 Å². The summed E-state index contributed by atoms with van der Waals surface area (Å²) in [6.07, 6.45) is 0.807. The molecule has 0 rings (SSSR count). The van der Waals surface area contributed by atoms with Crippen molar-refractivity contribution in [3.63, 3.8) is 0 Å². The minimum atomic E-state index is 0. The van der Waals surface area contributed by atoms with E-state index in [0.717, 1.165) is 6.42 Å². The number of hydrogen-bond donors (Lipinski definition) is 4. The van der Waals surface area contributed by atoms with Crippen molar-refractivity contribution in [1.82, 2.24) is 9.80 Å². The molecule has 109 valence electrons. The zero-order valence-electron chi connectivity index (χ0n) is 9.75. The molecule has 0 unspecified atom stereocenters. The summed E-state index contributed by atoms with van der Waals surface area (Å²) >= 11 is 18.1. The van der Waals surface area contributed by atoms with E-state index >= 15 is 0 Å². The van der Waals surface area contributed by atoms with Gasteiger partial charge in [0.15, 0.2) is 0 Å². The van der Waals surface area contributed by atoms with Crippen molar-refractivity contribution in [3.05, 3.63) is 0 Å². The van der Waals surface area contributed by atoms with Gasteiger partial charge in [-0.15, -0.1) is 25.3 Å². The van der Waals surface area contributed by atoms with Crippen molar-refractivity contribution in [2.75, 3.05) is 39.4 Å². The summed E-state index contributed by atoms with van der Waals surface area (Å²) < 4.78 is 0.947. The summed E-state index contributed by atoms with van der Waals surface area (Å²) in [7, 11) is 0. The fraction of sp³-hybridized carbons (Fsp3) is 0.778. The summed E-state index contributed by atoms with van der Waals surface area (Å²) in [5.41, 5.74) is 0. The molecule has 0 saturated carbocycles. The van der Waals surface area contributed by atoms with Gasteiger partial charge in [0, 0.05) is 26.2 Å². The Kier molecular flexibility index (Phi) is 15.2. The summed E-state index contributed by atoms with van der Waals surface area (Å²) in [5.74, 6) is 0. The second-order valence-electron chi connectivity index (χ2n) is 3.34. The molecule has 0 bridgehead atoms. The molecule has 18 heavy (non-hydrogen) atoms. The average Bonchev–Trinajstić information content (AvgIpc) is 2.26. The van der Waals surface area contributed by atoms with Gasteiger partial charge in [0.1, 0.15) is 8.64 Å². The van der Waals surface area contributed by atoms with Crippen LogP contribution in [0.2, 0.25) is 0 Å². The Labute approximate surface area is 140 Å². The van der Waals surface area contributed by atoms with E-state index in [9.17, 15) is 0 Å². The standard InChI is InChI=1S/C9H18N2O2S4.Cu/c12-6-4-10(8(14)15)2-1-3-11(5-7-13)9(16)17;/h12-13H,1-7H2,(H,14,15)(H,16,17);/q;+2. The maximum Gasteiger partial charge on any atom is 2.00 e. The van der Waals surface area contributed by atoms with Gasteiger partial charge in [-0.2, -0.15) is 0 Å². The van der Waals surface area contributed by atoms with E-state index in [1.807, 2.05) is 9.80 Å². The topological polar surface area (TPSA) is 46.9 Å². The molecule has 0 saturated heterocycles. The van der Waals surface area contributed by atoms with Crippen molar-refractivity contribution in [1.29, 1.82) is 0 Å². The van der Waals surface area contributed by atoms with Gasteiger partial charge >= 0.3 is 17.1 Å². The number of hydrogen-bond acceptors (Lipinski definition) is 4. The van der Waals surface area contributed by atoms with Crippen LogP contribution in [0, 0.1) is 0 Å². The Balaban J connectivity index is 0. The SMILES string of the molecule is OCCN(CCCN(CCO)C(=S)S)C(=S)S.[Cu+2]. The Hall–Kier alpha value is 0.919. The third-order valence-electron chi connectivity index (χ3n) is 2.14. The van der Waals surface area contributed by atoms with Gasteiger partial charge in [-0.25, -0.2) is 0 Å². The van der Waals surface area contributed by atoms with Crippen molar-refractivity contribution in [2.24, 2.45) is 0 Å². The maximum absolute atomic E-state index is 8.85. The first-order chi connectivity index (χ1) is 8.02. The zero-order chi connectivity index (χ0) is 13.3. The van der Waals surface area contributed by atoms with Crippen molar-refractivity contribution in [2.45, 2.75) is 6.42 Å². The third kappa shape index (κ3) is 9.80. The normalized spacial score (nSPS) is 9.56. The van der Waals surface area contributed by atoms with Crippen LogP contribution in [0.5, 0.6) is 0 Å². The number of thiocarbonyl (C=S) groups is 2. The molecule has 2 N–H and O–H groups in total. The van der Waals surface area contributed by atoms with Gasteiger partial charge in [-0.1, -0.05) is 24.4 Å². The summed E-state index contributed by atoms with van der Waals surface area (Å²) in [6.45, 7) is 2.45. The molecule has 0 aliphatic carbocycles. The molecular formula is C9H18CuN2O2S4+2. The van der Waals surface area contributed by atoms with Gasteiger partial charge < -0.3 is 20.0 Å². The van der Waals surface area contributed by atoms with Gasteiger partial charge in [0.2, 0.25) is 0 Å². The maximum atomic E-state index is 8.85. The van der Waals surface area contributed by atoms with Crippen LogP contribution in [-0.4, -0.2) is 68.0 Å². The predicted molar refractivity (Wildman–Crippen MR) is 85.1 cm³/mol. The second-order valence-corrected chi connectivity index (χ2v) is 5.57. The molecule has 0 spiro atoms. The Morgan fingerprint density at radius 2 is 1.17 bits per heavy atom. The van der Waals surface area contributed by atoms with Crippen LogP contribution in [0.4, 0.5) is 0 Å². The van der Waals surface area contributed by atoms with Crippen molar-refractivity contribution < 1.29 is 27.3 Å². The average molecular weight is 378 g/mol. The fourth-order valence-electron chi connectivity index (χ4n) is 1.30. The van der Waals surface area contributed by atoms with E-state index < -0.39 is 0 Å². The predicted octanol–water partition coefficient (Wildman–Crippen LogP) is 0.392. The molecule has 0 fully saturated rings. The van der Waals surface area contributed by atoms with Crippen LogP contribution in [0.15, 0.2) is 0 Å². The molecule has 4 nitrogen and oxygen atoms in total. The molecular weight excluding hydrogens is 360 g/mol. The van der Waals surface area contributed by atoms with E-state index in [1.54, 1.807) is 0 Å². The number of rotatable bonds is 8. The first-order valence-corrected chi connectivity index (χ1v) is 6.91. The van der Waals surface area contributed by atoms with Crippen molar-refractivity contribution in [3.8, 4) is 0 Å². The molecule has 0 amide bonds. The minimum absolute atomic E-state index is 0. The van der Waals surface area contributed by atoms with E-state index in [1.165, 1.54) is 0 Å². The number of aliphatic hydroxyl groups excluding tert-OH is 2. The quantitative estimate of drug-likeness (QED) is 0.279. The monoisotopic (exact) mass is 377 g/mol. The summed E-state index contributed by atoms with van der Waals surface area (Å²) in [6, 6.07) is 0. The van der Waals surface area contributed by atoms with Crippen LogP contribution >= 0.6 is 49.7 Å². The summed E-state index contributed by atoms with van der Waals surface area (Å²) in [5, 5.41) is 17.7. The van der Waals surface area contributed by atoms with Crippen molar-refractivity contribution >= 4 is 58.3 Å². The number of nitrogens with zero attached hydrogens (tertiary/aromatic N) is 2. The van der Waals surface area contributed by atoms with E-state index in [-0.39, 0.29) is 30.3 Å². The minimum Gasteiger partial charge on any atom is -0.395 e. The Morgan fingerprint density at radius 3 is 1.39 bits per heavy atom. The molecule has 0 atom stereocenters. The first-order valence-electron chi connectivity index (χ1n) is 5.20. The third-order valence-corrected chi connectivity index (χ3v) is 3.22. The van der Waals surface area contributed by atoms with Gasteiger partial charge in [-0.3, -0.25) is 0 Å². The zero-order valence-corrected chi connectivity index (χ0v) is 14.1. The summed E-state index contributed by atoms with van der Waals surface area (Å²) in [4.78, 5) is 3.63. The molecule has 1 radical (unpaired) electrons. The molecule has 0 aliphatic rings. The molecule has 0 heterocycles. The van der Waals surface area contributed by atoms with Gasteiger partial charge in [0.25, 0.3) is 0 Å². The van der Waals surface area contributed by atoms with E-state index in [0.29, 0.717) is 34.8 Å². The second kappa shape index (κ2) is 12.9. The smallest absolute Gasteiger partial charge is 0.395 e. The van der Waals surface area contributed by atoms with Crippen LogP contribution in [0.25, 0.3) is 0 Å². The molecule has 0 aromatic rings. The van der Waals surface area contributed by atoms with Gasteiger partial charge in [0.05, 0.1) is 13.2 Å². The van der Waals surface area contributed by atoms with Crippen LogP contribution < -0.4 is 0 Å². The van der Waals surface area contributed by atoms with E-state index in [4.69, 9.17) is 34.6 Å². The van der Waals surface area contributed by atoms with Crippen LogP contribution in [-0.2, 0) is 17.1 Å². The molecule has 0 aliphatic heterocycles. The molecule has 0 aromatic carbocycles. The Morgan fingerprint density at radius 1 is 0.833 bits per heavy atom. The van der Waals surface area contributed by atoms with Crippen LogP contribution in [0.3, 0.4) is 0 Å². The largest absolute Gasteiger partial charge is 2.00 e. The van der Waals surface area contributed by atoms with E-state index in [2.05, 4.69) is 25.3 Å².